The Morgan fingerprint density at radius 1 is 0.608 bits per heavy atom. The Morgan fingerprint density at radius 2 is 1.04 bits per heavy atom. The Hall–Kier alpha value is -7.62. The van der Waals surface area contributed by atoms with Gasteiger partial charge >= 0.3 is 7.12 Å². The highest BCUT2D eigenvalue weighted by Gasteiger charge is 2.52. The Morgan fingerprint density at radius 3 is 1.46 bits per heavy atom. The first kappa shape index (κ1) is 76.7. The molecule has 0 radical (unpaired) electrons. The van der Waals surface area contributed by atoms with Gasteiger partial charge in [0.1, 0.15) is 11.5 Å². The number of ether oxygens (including phenoxy) is 2. The van der Waals surface area contributed by atoms with Crippen molar-refractivity contribution in [2.45, 2.75) is 76.7 Å². The molecule has 9 heterocycles. The highest BCUT2D eigenvalue weighted by Crippen LogP contribution is 2.42. The first-order valence-corrected chi connectivity index (χ1v) is 33.1. The number of aryl methyl sites for hydroxylation is 3. The summed E-state index contributed by atoms with van der Waals surface area (Å²) in [5.41, 5.74) is 13.9. The second-order valence-electron chi connectivity index (χ2n) is 24.4. The molecular formula is C67H84BCl6N17O6. The first-order chi connectivity index (χ1) is 45.9. The fourth-order valence-corrected chi connectivity index (χ4v) is 11.4. The van der Waals surface area contributed by atoms with Gasteiger partial charge in [-0.1, -0.05) is 59.6 Å². The number of carbonyl (C=O) groups excluding carboxylic acids is 2. The second-order valence-corrected chi connectivity index (χ2v) is 26.6. The maximum atomic E-state index is 12.3. The molecule has 97 heavy (non-hydrogen) atoms. The molecule has 3 fully saturated rings. The molecular weight excluding hydrogens is 1360 g/mol. The van der Waals surface area contributed by atoms with Crippen LogP contribution in [0.15, 0.2) is 124 Å². The summed E-state index contributed by atoms with van der Waals surface area (Å²) in [6, 6.07) is 14.4. The number of nitrogen functional groups attached to an aromatic ring is 1. The Kier molecular flexibility index (Phi) is 27.5. The molecule has 5 N–H and O–H groups in total. The summed E-state index contributed by atoms with van der Waals surface area (Å²) in [6.07, 6.45) is 22.9. The lowest BCUT2D eigenvalue weighted by Crippen LogP contribution is -2.42. The third-order valence-electron chi connectivity index (χ3n) is 16.6. The van der Waals surface area contributed by atoms with Gasteiger partial charge in [-0.2, -0.15) is 0 Å². The molecule has 0 spiro atoms. The lowest BCUT2D eigenvalue weighted by atomic mass is 9.81. The summed E-state index contributed by atoms with van der Waals surface area (Å²) in [5.74, 6) is 1.04. The van der Waals surface area contributed by atoms with Crippen molar-refractivity contribution < 1.29 is 28.4 Å². The number of hydrogen-bond donors (Lipinski definition) is 4. The van der Waals surface area contributed by atoms with Gasteiger partial charge in [0, 0.05) is 125 Å². The van der Waals surface area contributed by atoms with E-state index in [1.807, 2.05) is 108 Å². The number of nitrogens with zero attached hydrogens (tertiary/aromatic N) is 13. The van der Waals surface area contributed by atoms with E-state index in [9.17, 15) is 9.59 Å². The lowest BCUT2D eigenvalue weighted by molar-refractivity contribution is -0.112. The van der Waals surface area contributed by atoms with E-state index in [1.165, 1.54) is 24.5 Å². The largest absolute Gasteiger partial charge is 0.496 e. The predicted molar refractivity (Wildman–Crippen MR) is 395 cm³/mol. The first-order valence-electron chi connectivity index (χ1n) is 30.9. The quantitative estimate of drug-likeness (QED) is 0.0245. The van der Waals surface area contributed by atoms with E-state index in [-0.39, 0.29) is 45.9 Å². The normalized spacial score (nSPS) is 15.0. The summed E-state index contributed by atoms with van der Waals surface area (Å²) < 4.78 is 28.8. The van der Waals surface area contributed by atoms with Crippen LogP contribution in [0.25, 0.3) is 22.5 Å². The molecule has 8 aromatic rings. The van der Waals surface area contributed by atoms with Crippen LogP contribution in [0.1, 0.15) is 53.4 Å². The van der Waals surface area contributed by atoms with E-state index < -0.39 is 0 Å². The molecule has 0 saturated carbocycles. The minimum absolute atomic E-state index is 0.101. The number of benzene rings is 2. The maximum Gasteiger partial charge on any atom is 0.496 e. The number of hydrogen-bond acceptors (Lipinski definition) is 18. The Labute approximate surface area is 598 Å². The third kappa shape index (κ3) is 21.0. The number of amides is 2. The molecule has 518 valence electrons. The molecule has 0 unspecified atom stereocenters. The van der Waals surface area contributed by atoms with Crippen LogP contribution in [0, 0.1) is 0 Å². The zero-order chi connectivity index (χ0) is 71.1. The van der Waals surface area contributed by atoms with Crippen LogP contribution in [0.4, 0.5) is 40.1 Å². The van der Waals surface area contributed by atoms with Crippen molar-refractivity contribution in [3.8, 4) is 34.0 Å². The lowest BCUT2D eigenvalue weighted by Gasteiger charge is -2.37. The summed E-state index contributed by atoms with van der Waals surface area (Å²) in [6.45, 7) is 18.9. The molecule has 2 amide bonds. The SMILES string of the molecule is C=CC(=O)Nc1cc(N)c(OC)cc1N1CCC(N(C)C)CC1.C=CC(=O)Nc1cc(Nc2ncc(Cl)c(-c3ccn(C)c3)n2)c(OC)cc1N1CCC(N(C)C)CC1.Clc1ncc(Cl)c(Cl)n1.Cn1ccc(-c2nc(Cl)ncc2Cl)c1.Cn1ccc(B2OC(C)(C)C(C)(C)O2)c1. The fraction of sp³-hybridized carbons (Fsp3) is 0.373. The van der Waals surface area contributed by atoms with E-state index in [0.717, 1.165) is 79.8 Å². The van der Waals surface area contributed by atoms with Crippen LogP contribution in [0.5, 0.6) is 11.5 Å². The van der Waals surface area contributed by atoms with Gasteiger partial charge in [0.25, 0.3) is 0 Å². The van der Waals surface area contributed by atoms with Gasteiger partial charge in [0.05, 0.1) is 105 Å². The van der Waals surface area contributed by atoms with Gasteiger partial charge < -0.3 is 73.8 Å². The van der Waals surface area contributed by atoms with E-state index in [1.54, 1.807) is 26.5 Å². The van der Waals surface area contributed by atoms with Crippen LogP contribution in [-0.2, 0) is 40.0 Å². The standard InChI is InChI=1S/C26H32ClN7O2.C17H26N4O2.C11H18BNO2.C9H7Cl2N3.C4HCl3N2/c1-6-24(35)29-20-13-21(23(36-5)14-22(20)34-11-8-18(9-12-34)32(2)3)30-26-28-15-19(27)25(31-26)17-7-10-33(4)16-17;1-5-17(22)19-14-10-13(18)16(23-4)11-15(14)21-8-6-12(7-9-21)20(2)3;1-10(2)11(3,4)15-12(14-10)9-6-7-13(5)8-9;1-14-3-2-6(5-14)8-7(10)4-12-9(11)13-8;5-2-1-8-4(7)9-3(2)6/h6-7,10,13-16,18H,1,8-9,11-12H2,2-5H3,(H,29,35)(H,28,30,31);5,10-12H,1,6-9,18H2,2-4H3,(H,19,22);6-8H,1-5H3;2-5H,1H3;1H. The van der Waals surface area contributed by atoms with Crippen molar-refractivity contribution in [1.29, 1.82) is 0 Å². The van der Waals surface area contributed by atoms with Crippen LogP contribution in [-0.4, -0.2) is 164 Å². The predicted octanol–water partition coefficient (Wildman–Crippen LogP) is 13.0. The number of carbonyl (C=O) groups is 2. The van der Waals surface area contributed by atoms with E-state index in [0.29, 0.717) is 78.7 Å². The van der Waals surface area contributed by atoms with Gasteiger partial charge in [-0.3, -0.25) is 9.59 Å². The van der Waals surface area contributed by atoms with Crippen LogP contribution in [0.3, 0.4) is 0 Å². The minimum atomic E-state index is -0.287. The van der Waals surface area contributed by atoms with Crippen molar-refractivity contribution >= 4 is 134 Å². The summed E-state index contributed by atoms with van der Waals surface area (Å²) in [4.78, 5) is 57.0. The summed E-state index contributed by atoms with van der Waals surface area (Å²) >= 11 is 34.3. The number of halogens is 6. The number of aromatic nitrogens is 9. The van der Waals surface area contributed by atoms with Gasteiger partial charge in [-0.25, -0.2) is 29.9 Å². The van der Waals surface area contributed by atoms with Gasteiger partial charge in [-0.15, -0.1) is 0 Å². The Bertz CT molecular complexity index is 3980. The van der Waals surface area contributed by atoms with Crippen molar-refractivity contribution in [1.82, 2.24) is 53.4 Å². The topological polar surface area (TPSA) is 238 Å². The van der Waals surface area contributed by atoms with E-state index in [2.05, 4.69) is 134 Å². The summed E-state index contributed by atoms with van der Waals surface area (Å²) in [5, 5.41) is 10.8. The number of rotatable bonds is 15. The van der Waals surface area contributed by atoms with Crippen molar-refractivity contribution in [3.05, 3.63) is 154 Å². The molecule has 11 rings (SSSR count). The van der Waals surface area contributed by atoms with E-state index in [4.69, 9.17) is 94.1 Å². The molecule has 3 saturated heterocycles. The van der Waals surface area contributed by atoms with Gasteiger partial charge in [0.15, 0.2) is 5.15 Å². The average molecular weight is 1450 g/mol. The van der Waals surface area contributed by atoms with Crippen molar-refractivity contribution in [3.63, 3.8) is 0 Å². The van der Waals surface area contributed by atoms with Crippen molar-refractivity contribution in [2.24, 2.45) is 21.1 Å². The highest BCUT2D eigenvalue weighted by molar-refractivity contribution is 6.62. The third-order valence-corrected chi connectivity index (χ3v) is 18.2. The number of nitrogens with two attached hydrogens (primary N) is 1. The van der Waals surface area contributed by atoms with Gasteiger partial charge in [-0.05, 0) is 147 Å². The van der Waals surface area contributed by atoms with E-state index >= 15 is 0 Å². The molecule has 0 bridgehead atoms. The maximum absolute atomic E-state index is 12.3. The monoisotopic (exact) mass is 1440 g/mol. The smallest absolute Gasteiger partial charge is 0.495 e. The number of methoxy groups -OCH3 is 2. The Balaban J connectivity index is 0.000000186. The van der Waals surface area contributed by atoms with Crippen molar-refractivity contribution in [2.75, 3.05) is 100 Å². The van der Waals surface area contributed by atoms with Crippen LogP contribution in [0.2, 0.25) is 30.8 Å². The molecule has 6 aromatic heterocycles. The average Bonchev–Trinajstić information content (AvgIpc) is 1.76. The van der Waals surface area contributed by atoms with Gasteiger partial charge in [0.2, 0.25) is 28.3 Å². The number of anilines is 7. The molecule has 0 aliphatic carbocycles. The molecule has 3 aliphatic rings. The molecule has 0 atom stereocenters. The summed E-state index contributed by atoms with van der Waals surface area (Å²) in [7, 11) is 17.3. The number of nitrogens with one attached hydrogen (secondary N) is 3. The minimum Gasteiger partial charge on any atom is -0.495 e. The van der Waals surface area contributed by atoms with Crippen LogP contribution < -0.4 is 46.4 Å². The number of piperidine rings is 2. The zero-order valence-electron chi connectivity index (χ0n) is 56.8. The van der Waals surface area contributed by atoms with Crippen LogP contribution >= 0.6 is 69.6 Å². The molecule has 30 heteroatoms. The molecule has 2 aromatic carbocycles. The highest BCUT2D eigenvalue weighted by atomic mass is 35.5. The fourth-order valence-electron chi connectivity index (χ4n) is 10.5. The molecule has 3 aliphatic heterocycles. The zero-order valence-corrected chi connectivity index (χ0v) is 61.3. The second kappa shape index (κ2) is 34.7. The molecule has 23 nitrogen and oxygen atoms in total.